The van der Waals surface area contributed by atoms with E-state index < -0.39 is 21.9 Å². The highest BCUT2D eigenvalue weighted by molar-refractivity contribution is 7.91. The third kappa shape index (κ3) is 3.72. The minimum absolute atomic E-state index is 0.185. The van der Waals surface area contributed by atoms with E-state index in [0.717, 1.165) is 24.3 Å². The number of halogens is 3. The fraction of sp³-hybridized carbons (Fsp3) is 0.0769. The molecule has 0 fully saturated rings. The smallest absolute Gasteiger partial charge is 0.406 e. The molecule has 0 aliphatic carbocycles. The summed E-state index contributed by atoms with van der Waals surface area (Å²) in [5, 5.41) is -0.223. The zero-order valence-electron chi connectivity index (χ0n) is 10.5. The van der Waals surface area contributed by atoms with Gasteiger partial charge in [-0.05, 0) is 43.3 Å². The second kappa shape index (κ2) is 5.36. The highest BCUT2D eigenvalue weighted by atomic mass is 32.2. The van der Waals surface area contributed by atoms with Crippen LogP contribution in [0, 0.1) is 6.92 Å². The fourth-order valence-corrected chi connectivity index (χ4v) is 2.78. The highest BCUT2D eigenvalue weighted by Gasteiger charge is 2.31. The standard InChI is InChI=1S/C13H9F3NO3S/c1-9-3-2-4-12(17-9)21(18,19)11-7-5-10(6-8-11)20-13(14,15)16/h2-8H,1H2. The topological polar surface area (TPSA) is 56.3 Å². The molecule has 0 aliphatic rings. The van der Waals surface area contributed by atoms with Crippen molar-refractivity contribution >= 4 is 9.84 Å². The van der Waals surface area contributed by atoms with Crippen LogP contribution in [0.25, 0.3) is 0 Å². The number of hydrogen-bond donors (Lipinski definition) is 0. The molecule has 1 aromatic carbocycles. The van der Waals surface area contributed by atoms with E-state index in [4.69, 9.17) is 0 Å². The number of benzene rings is 1. The summed E-state index contributed by atoms with van der Waals surface area (Å²) in [4.78, 5) is 3.61. The molecule has 0 saturated carbocycles. The van der Waals surface area contributed by atoms with Crippen LogP contribution in [-0.2, 0) is 9.84 Å². The normalized spacial score (nSPS) is 12.2. The van der Waals surface area contributed by atoms with Gasteiger partial charge in [-0.25, -0.2) is 13.4 Å². The van der Waals surface area contributed by atoms with Crippen LogP contribution in [0.3, 0.4) is 0 Å². The molecule has 0 bridgehead atoms. The van der Waals surface area contributed by atoms with Crippen LogP contribution in [0.15, 0.2) is 52.4 Å². The van der Waals surface area contributed by atoms with Crippen molar-refractivity contribution in [3.63, 3.8) is 0 Å². The minimum Gasteiger partial charge on any atom is -0.406 e. The number of sulfone groups is 1. The molecule has 2 rings (SSSR count). The lowest BCUT2D eigenvalue weighted by Crippen LogP contribution is -2.17. The van der Waals surface area contributed by atoms with E-state index >= 15 is 0 Å². The minimum atomic E-state index is -4.83. The van der Waals surface area contributed by atoms with Crippen molar-refractivity contribution in [3.05, 3.63) is 55.1 Å². The summed E-state index contributed by atoms with van der Waals surface area (Å²) in [6, 6.07) is 8.18. The van der Waals surface area contributed by atoms with Gasteiger partial charge in [0.05, 0.1) is 4.90 Å². The number of alkyl halides is 3. The molecule has 1 radical (unpaired) electrons. The first-order valence-corrected chi connectivity index (χ1v) is 7.07. The van der Waals surface area contributed by atoms with E-state index in [9.17, 15) is 21.6 Å². The second-order valence-electron chi connectivity index (χ2n) is 3.99. The predicted octanol–water partition coefficient (Wildman–Crippen LogP) is 3.00. The van der Waals surface area contributed by atoms with Crippen molar-refractivity contribution < 1.29 is 26.3 Å². The molecule has 1 aromatic heterocycles. The van der Waals surface area contributed by atoms with Gasteiger partial charge in [0, 0.05) is 5.69 Å². The zero-order chi connectivity index (χ0) is 15.7. The predicted molar refractivity (Wildman–Crippen MR) is 67.3 cm³/mol. The fourth-order valence-electron chi connectivity index (χ4n) is 1.55. The second-order valence-corrected chi connectivity index (χ2v) is 5.89. The number of aromatic nitrogens is 1. The lowest BCUT2D eigenvalue weighted by atomic mass is 10.3. The summed E-state index contributed by atoms with van der Waals surface area (Å²) >= 11 is 0. The van der Waals surface area contributed by atoms with Gasteiger partial charge in [-0.15, -0.1) is 13.2 Å². The van der Waals surface area contributed by atoms with E-state index in [1.54, 1.807) is 0 Å². The maximum atomic E-state index is 12.2. The molecule has 111 valence electrons. The molecule has 0 N–H and O–H groups in total. The van der Waals surface area contributed by atoms with Crippen LogP contribution in [0.5, 0.6) is 5.75 Å². The van der Waals surface area contributed by atoms with E-state index in [-0.39, 0.29) is 15.6 Å². The third-order valence-corrected chi connectivity index (χ3v) is 4.09. The highest BCUT2D eigenvalue weighted by Crippen LogP contribution is 2.26. The Balaban J connectivity index is 2.34. The molecule has 0 amide bonds. The quantitative estimate of drug-likeness (QED) is 0.873. The van der Waals surface area contributed by atoms with Crippen LogP contribution < -0.4 is 4.74 Å². The van der Waals surface area contributed by atoms with Crippen LogP contribution in [0.1, 0.15) is 5.69 Å². The summed E-state index contributed by atoms with van der Waals surface area (Å²) in [5.74, 6) is -0.500. The Labute approximate surface area is 119 Å². The van der Waals surface area contributed by atoms with Crippen molar-refractivity contribution in [1.29, 1.82) is 0 Å². The molecule has 0 aliphatic heterocycles. The molecule has 21 heavy (non-hydrogen) atoms. The van der Waals surface area contributed by atoms with Crippen LogP contribution in [0.2, 0.25) is 0 Å². The maximum absolute atomic E-state index is 12.2. The van der Waals surface area contributed by atoms with Gasteiger partial charge in [-0.1, -0.05) is 6.07 Å². The molecule has 0 unspecified atom stereocenters. The van der Waals surface area contributed by atoms with Crippen molar-refractivity contribution in [2.45, 2.75) is 16.3 Å². The Morgan fingerprint density at radius 3 is 2.19 bits per heavy atom. The van der Waals surface area contributed by atoms with Crippen LogP contribution in [0.4, 0.5) is 13.2 Å². The molecule has 4 nitrogen and oxygen atoms in total. The number of hydrogen-bond acceptors (Lipinski definition) is 4. The number of ether oxygens (including phenoxy) is 1. The Bertz CT molecular complexity index is 740. The molecule has 2 aromatic rings. The van der Waals surface area contributed by atoms with Crippen molar-refractivity contribution in [2.24, 2.45) is 0 Å². The Kier molecular flexibility index (Phi) is 3.91. The first-order valence-electron chi connectivity index (χ1n) is 5.58. The molecule has 8 heteroatoms. The number of rotatable bonds is 3. The van der Waals surface area contributed by atoms with Gasteiger partial charge in [0.15, 0.2) is 5.03 Å². The molecular formula is C13H9F3NO3S. The lowest BCUT2D eigenvalue weighted by Gasteiger charge is -2.09. The first kappa shape index (κ1) is 15.3. The average Bonchev–Trinajstić information content (AvgIpc) is 2.37. The molecule has 1 heterocycles. The molecule has 0 atom stereocenters. The van der Waals surface area contributed by atoms with E-state index in [0.29, 0.717) is 0 Å². The van der Waals surface area contributed by atoms with Gasteiger partial charge >= 0.3 is 6.36 Å². The van der Waals surface area contributed by atoms with Crippen LogP contribution in [-0.4, -0.2) is 19.8 Å². The van der Waals surface area contributed by atoms with Crippen molar-refractivity contribution in [1.82, 2.24) is 4.98 Å². The monoisotopic (exact) mass is 316 g/mol. The van der Waals surface area contributed by atoms with Crippen molar-refractivity contribution in [2.75, 3.05) is 0 Å². The summed E-state index contributed by atoms with van der Waals surface area (Å²) in [6.07, 6.45) is -4.83. The molecule has 0 saturated heterocycles. The van der Waals surface area contributed by atoms with Gasteiger partial charge in [-0.3, -0.25) is 0 Å². The molecular weight excluding hydrogens is 307 g/mol. The van der Waals surface area contributed by atoms with E-state index in [2.05, 4.69) is 16.6 Å². The van der Waals surface area contributed by atoms with Gasteiger partial charge in [0.2, 0.25) is 9.84 Å². The van der Waals surface area contributed by atoms with Crippen molar-refractivity contribution in [3.8, 4) is 5.75 Å². The maximum Gasteiger partial charge on any atom is 0.573 e. The largest absolute Gasteiger partial charge is 0.573 e. The average molecular weight is 316 g/mol. The Morgan fingerprint density at radius 1 is 1.05 bits per heavy atom. The van der Waals surface area contributed by atoms with Gasteiger partial charge in [-0.2, -0.15) is 0 Å². The number of nitrogens with zero attached hydrogens (tertiary/aromatic N) is 1. The van der Waals surface area contributed by atoms with Gasteiger partial charge < -0.3 is 4.74 Å². The third-order valence-electron chi connectivity index (χ3n) is 2.42. The number of pyridine rings is 1. The van der Waals surface area contributed by atoms with Gasteiger partial charge in [0.25, 0.3) is 0 Å². The Hall–Kier alpha value is -2.09. The zero-order valence-corrected chi connectivity index (χ0v) is 11.3. The first-order chi connectivity index (χ1) is 9.68. The van der Waals surface area contributed by atoms with E-state index in [1.165, 1.54) is 18.2 Å². The summed E-state index contributed by atoms with van der Waals surface area (Å²) in [5.41, 5.74) is 0.271. The summed E-state index contributed by atoms with van der Waals surface area (Å²) < 4.78 is 64.2. The SMILES string of the molecule is [CH2]c1cccc(S(=O)(=O)c2ccc(OC(F)(F)F)cc2)n1. The van der Waals surface area contributed by atoms with Gasteiger partial charge in [0.1, 0.15) is 5.75 Å². The lowest BCUT2D eigenvalue weighted by molar-refractivity contribution is -0.274. The Morgan fingerprint density at radius 2 is 1.67 bits per heavy atom. The summed E-state index contributed by atoms with van der Waals surface area (Å²) in [7, 11) is -3.91. The molecule has 0 spiro atoms. The van der Waals surface area contributed by atoms with Crippen LogP contribution >= 0.6 is 0 Å². The van der Waals surface area contributed by atoms with E-state index in [1.807, 2.05) is 0 Å². The summed E-state index contributed by atoms with van der Waals surface area (Å²) in [6.45, 7) is 3.52.